The molecule has 0 radical (unpaired) electrons. The van der Waals surface area contributed by atoms with Gasteiger partial charge in [-0.15, -0.1) is 0 Å². The molecule has 1 amide bonds. The fraction of sp³-hybridized carbons (Fsp3) is 0.233. The third-order valence-corrected chi connectivity index (χ3v) is 7.72. The molecule has 4 aromatic rings. The van der Waals surface area contributed by atoms with Gasteiger partial charge in [-0.05, 0) is 98.2 Å². The van der Waals surface area contributed by atoms with Crippen molar-refractivity contribution in [3.8, 4) is 5.69 Å². The summed E-state index contributed by atoms with van der Waals surface area (Å²) in [4.78, 5) is 19.7. The monoisotopic (exact) mass is 543 g/mol. The number of benzene rings is 2. The van der Waals surface area contributed by atoms with Crippen molar-refractivity contribution in [2.75, 3.05) is 11.9 Å². The molecule has 194 valence electrons. The van der Waals surface area contributed by atoms with Crippen LogP contribution >= 0.6 is 23.8 Å². The number of nitrogens with zero attached hydrogens (tertiary/aromatic N) is 3. The van der Waals surface area contributed by atoms with E-state index in [9.17, 15) is 4.79 Å². The van der Waals surface area contributed by atoms with Gasteiger partial charge in [-0.25, -0.2) is 0 Å². The van der Waals surface area contributed by atoms with Crippen molar-refractivity contribution in [3.63, 3.8) is 0 Å². The summed E-state index contributed by atoms with van der Waals surface area (Å²) >= 11 is 12.1. The number of amides is 1. The average Bonchev–Trinajstić information content (AvgIpc) is 3.51. The Morgan fingerprint density at radius 2 is 1.89 bits per heavy atom. The first-order valence-electron chi connectivity index (χ1n) is 12.6. The Morgan fingerprint density at radius 3 is 2.66 bits per heavy atom. The van der Waals surface area contributed by atoms with Crippen LogP contribution in [0.15, 0.2) is 79.1 Å². The molecule has 2 aromatic carbocycles. The topological polar surface area (TPSA) is 62.2 Å². The second-order valence-corrected chi connectivity index (χ2v) is 10.5. The third kappa shape index (κ3) is 5.30. The Kier molecular flexibility index (Phi) is 7.49. The van der Waals surface area contributed by atoms with Gasteiger partial charge in [0, 0.05) is 47.5 Å². The largest absolute Gasteiger partial charge is 0.352 e. The SMILES string of the molecule is Cc1ccc(C)c(NC(=O)CCN2C(=S)N[C@@H](c3ccccn3)[C@H]2c2cccn2-c2ccc(Cl)c(C)c2)c1. The minimum Gasteiger partial charge on any atom is -0.352 e. The van der Waals surface area contributed by atoms with Crippen molar-refractivity contribution in [2.45, 2.75) is 39.3 Å². The highest BCUT2D eigenvalue weighted by atomic mass is 35.5. The second kappa shape index (κ2) is 11.0. The maximum Gasteiger partial charge on any atom is 0.226 e. The molecule has 0 aliphatic carbocycles. The van der Waals surface area contributed by atoms with Gasteiger partial charge in [0.05, 0.1) is 17.8 Å². The van der Waals surface area contributed by atoms with Crippen LogP contribution in [0.4, 0.5) is 5.69 Å². The molecule has 38 heavy (non-hydrogen) atoms. The lowest BCUT2D eigenvalue weighted by Crippen LogP contribution is -2.33. The third-order valence-electron chi connectivity index (χ3n) is 6.95. The summed E-state index contributed by atoms with van der Waals surface area (Å²) in [6, 6.07) is 21.7. The van der Waals surface area contributed by atoms with E-state index in [4.69, 9.17) is 23.8 Å². The van der Waals surface area contributed by atoms with Gasteiger partial charge < -0.3 is 20.1 Å². The zero-order valence-electron chi connectivity index (χ0n) is 21.6. The second-order valence-electron chi connectivity index (χ2n) is 9.67. The van der Waals surface area contributed by atoms with Crippen LogP contribution in [-0.4, -0.2) is 32.0 Å². The van der Waals surface area contributed by atoms with Crippen LogP contribution in [0.5, 0.6) is 0 Å². The number of hydrogen-bond acceptors (Lipinski definition) is 3. The summed E-state index contributed by atoms with van der Waals surface area (Å²) in [6.45, 7) is 6.47. The van der Waals surface area contributed by atoms with Crippen LogP contribution in [0.3, 0.4) is 0 Å². The lowest BCUT2D eigenvalue weighted by atomic mass is 10.0. The van der Waals surface area contributed by atoms with E-state index in [0.29, 0.717) is 18.1 Å². The Bertz CT molecular complexity index is 1490. The van der Waals surface area contributed by atoms with Gasteiger partial charge in [0.1, 0.15) is 0 Å². The van der Waals surface area contributed by atoms with Gasteiger partial charge in [0.25, 0.3) is 0 Å². The molecular formula is C30H30ClN5OS. The molecule has 2 N–H and O–H groups in total. The molecule has 6 nitrogen and oxygen atoms in total. The number of carbonyl (C=O) groups excluding carboxylic acids is 1. The summed E-state index contributed by atoms with van der Waals surface area (Å²) in [5.41, 5.74) is 6.93. The molecule has 0 spiro atoms. The van der Waals surface area contributed by atoms with Gasteiger partial charge in [-0.3, -0.25) is 9.78 Å². The first-order valence-corrected chi connectivity index (χ1v) is 13.4. The number of pyridine rings is 1. The smallest absolute Gasteiger partial charge is 0.226 e. The first kappa shape index (κ1) is 25.9. The molecule has 1 aliphatic rings. The summed E-state index contributed by atoms with van der Waals surface area (Å²) in [6.07, 6.45) is 4.13. The summed E-state index contributed by atoms with van der Waals surface area (Å²) in [5.74, 6) is -0.0507. The lowest BCUT2D eigenvalue weighted by Gasteiger charge is -2.29. The maximum absolute atomic E-state index is 13.0. The van der Waals surface area contributed by atoms with E-state index >= 15 is 0 Å². The molecule has 5 rings (SSSR count). The van der Waals surface area contributed by atoms with Crippen molar-refractivity contribution in [3.05, 3.63) is 112 Å². The molecule has 1 aliphatic heterocycles. The van der Waals surface area contributed by atoms with Gasteiger partial charge in [0.15, 0.2) is 5.11 Å². The Morgan fingerprint density at radius 1 is 1.05 bits per heavy atom. The van der Waals surface area contributed by atoms with E-state index in [2.05, 4.69) is 37.2 Å². The molecule has 8 heteroatoms. The Labute approximate surface area is 233 Å². The van der Waals surface area contributed by atoms with E-state index < -0.39 is 0 Å². The van der Waals surface area contributed by atoms with E-state index in [0.717, 1.165) is 44.5 Å². The van der Waals surface area contributed by atoms with Crippen LogP contribution in [-0.2, 0) is 4.79 Å². The van der Waals surface area contributed by atoms with Crippen molar-refractivity contribution in [1.82, 2.24) is 19.8 Å². The highest BCUT2D eigenvalue weighted by Gasteiger charge is 2.41. The number of halogens is 1. The number of anilines is 1. The van der Waals surface area contributed by atoms with Crippen LogP contribution in [0, 0.1) is 20.8 Å². The first-order chi connectivity index (χ1) is 18.3. The van der Waals surface area contributed by atoms with Gasteiger partial charge in [0.2, 0.25) is 5.91 Å². The fourth-order valence-corrected chi connectivity index (χ4v) is 5.37. The number of hydrogen-bond donors (Lipinski definition) is 2. The average molecular weight is 544 g/mol. The van der Waals surface area contributed by atoms with E-state index in [1.165, 1.54) is 0 Å². The van der Waals surface area contributed by atoms with Crippen molar-refractivity contribution in [2.24, 2.45) is 0 Å². The molecule has 0 unspecified atom stereocenters. The Hall–Kier alpha value is -3.68. The number of rotatable bonds is 7. The number of thiocarbonyl (C=S) groups is 1. The molecule has 1 saturated heterocycles. The van der Waals surface area contributed by atoms with Crippen LogP contribution in [0.25, 0.3) is 5.69 Å². The minimum atomic E-state index is -0.173. The Balaban J connectivity index is 1.45. The van der Waals surface area contributed by atoms with Crippen molar-refractivity contribution >= 4 is 40.5 Å². The van der Waals surface area contributed by atoms with Gasteiger partial charge >= 0.3 is 0 Å². The van der Waals surface area contributed by atoms with E-state index in [1.807, 2.05) is 81.6 Å². The predicted octanol–water partition coefficient (Wildman–Crippen LogP) is 6.45. The molecule has 2 atom stereocenters. The van der Waals surface area contributed by atoms with E-state index in [1.54, 1.807) is 6.20 Å². The number of aromatic nitrogens is 2. The highest BCUT2D eigenvalue weighted by Crippen LogP contribution is 2.39. The fourth-order valence-electron chi connectivity index (χ4n) is 4.92. The minimum absolute atomic E-state index is 0.0507. The van der Waals surface area contributed by atoms with Crippen LogP contribution < -0.4 is 10.6 Å². The molecule has 0 saturated carbocycles. The van der Waals surface area contributed by atoms with Crippen LogP contribution in [0.2, 0.25) is 5.02 Å². The summed E-state index contributed by atoms with van der Waals surface area (Å²) < 4.78 is 2.16. The number of nitrogens with one attached hydrogen (secondary N) is 2. The predicted molar refractivity (Wildman–Crippen MR) is 157 cm³/mol. The summed E-state index contributed by atoms with van der Waals surface area (Å²) in [5, 5.41) is 7.88. The normalized spacial score (nSPS) is 16.9. The van der Waals surface area contributed by atoms with Gasteiger partial charge in [-0.2, -0.15) is 0 Å². The lowest BCUT2D eigenvalue weighted by molar-refractivity contribution is -0.116. The summed E-state index contributed by atoms with van der Waals surface area (Å²) in [7, 11) is 0. The van der Waals surface area contributed by atoms with Crippen molar-refractivity contribution < 1.29 is 4.79 Å². The van der Waals surface area contributed by atoms with Gasteiger partial charge in [-0.1, -0.05) is 29.8 Å². The standard InChI is InChI=1S/C30H30ClN5OS/c1-19-9-10-20(2)25(17-19)33-27(37)13-16-36-29(28(34-30(36)38)24-7-4-5-14-32-24)26-8-6-15-35(26)22-11-12-23(31)21(3)18-22/h4-12,14-15,17-18,28-29H,13,16H2,1-3H3,(H,33,37)(H,34,38)/t28-,29+/m0/s1. The molecule has 3 heterocycles. The molecule has 1 fully saturated rings. The number of aryl methyl sites for hydroxylation is 3. The van der Waals surface area contributed by atoms with E-state index in [-0.39, 0.29) is 18.0 Å². The molecule has 2 aromatic heterocycles. The number of carbonyl (C=O) groups is 1. The molecule has 0 bridgehead atoms. The molecular weight excluding hydrogens is 514 g/mol. The zero-order valence-corrected chi connectivity index (χ0v) is 23.2. The highest BCUT2D eigenvalue weighted by molar-refractivity contribution is 7.80. The maximum atomic E-state index is 13.0. The quantitative estimate of drug-likeness (QED) is 0.262. The zero-order chi connectivity index (χ0) is 26.8. The van der Waals surface area contributed by atoms with Crippen molar-refractivity contribution in [1.29, 1.82) is 0 Å². The van der Waals surface area contributed by atoms with Crippen LogP contribution in [0.1, 0.15) is 46.6 Å².